The van der Waals surface area contributed by atoms with Crippen LogP contribution in [0.4, 0.5) is 0 Å². The van der Waals surface area contributed by atoms with Crippen molar-refractivity contribution < 1.29 is 4.79 Å². The molecule has 0 aromatic heterocycles. The number of nitrogens with zero attached hydrogens (tertiary/aromatic N) is 2. The van der Waals surface area contributed by atoms with Crippen LogP contribution in [0.5, 0.6) is 0 Å². The van der Waals surface area contributed by atoms with Crippen molar-refractivity contribution in [2.45, 2.75) is 45.2 Å². The van der Waals surface area contributed by atoms with Crippen molar-refractivity contribution in [3.63, 3.8) is 0 Å². The zero-order chi connectivity index (χ0) is 16.4. The van der Waals surface area contributed by atoms with Crippen molar-refractivity contribution in [2.75, 3.05) is 32.7 Å². The summed E-state index contributed by atoms with van der Waals surface area (Å²) in [4.78, 5) is 17.1. The summed E-state index contributed by atoms with van der Waals surface area (Å²) in [6, 6.07) is 8.69. The largest absolute Gasteiger partial charge is 0.342 e. The Morgan fingerprint density at radius 1 is 1.17 bits per heavy atom. The summed E-state index contributed by atoms with van der Waals surface area (Å²) in [6.07, 6.45) is 5.42. The topological polar surface area (TPSA) is 35.6 Å². The van der Waals surface area contributed by atoms with Crippen LogP contribution in [0.3, 0.4) is 0 Å². The van der Waals surface area contributed by atoms with E-state index in [0.717, 1.165) is 52.2 Å². The third kappa shape index (κ3) is 3.35. The van der Waals surface area contributed by atoms with Crippen LogP contribution in [0.15, 0.2) is 24.3 Å². The normalized spacial score (nSPS) is 26.9. The second-order valence-corrected chi connectivity index (χ2v) is 7.93. The molecule has 130 valence electrons. The van der Waals surface area contributed by atoms with E-state index in [1.54, 1.807) is 0 Å². The lowest BCUT2D eigenvalue weighted by atomic mass is 9.80. The SMILES string of the molecule is O=C(CCCN1Cc2ccccc2C1)N1CCC2(CCCNC2)C1. The highest BCUT2D eigenvalue weighted by Gasteiger charge is 2.40. The molecule has 0 radical (unpaired) electrons. The minimum absolute atomic E-state index is 0.370. The molecule has 1 unspecified atom stereocenters. The third-order valence-corrected chi connectivity index (χ3v) is 6.12. The number of piperidine rings is 1. The van der Waals surface area contributed by atoms with Crippen LogP contribution in [0.1, 0.15) is 43.2 Å². The zero-order valence-corrected chi connectivity index (χ0v) is 14.6. The smallest absolute Gasteiger partial charge is 0.222 e. The van der Waals surface area contributed by atoms with Gasteiger partial charge in [0.15, 0.2) is 0 Å². The number of rotatable bonds is 4. The molecule has 3 heterocycles. The van der Waals surface area contributed by atoms with Crippen molar-refractivity contribution >= 4 is 5.91 Å². The molecule has 4 heteroatoms. The minimum atomic E-state index is 0.370. The monoisotopic (exact) mass is 327 g/mol. The van der Waals surface area contributed by atoms with Crippen molar-refractivity contribution in [1.29, 1.82) is 0 Å². The summed E-state index contributed by atoms with van der Waals surface area (Å²) in [5.41, 5.74) is 3.29. The van der Waals surface area contributed by atoms with E-state index >= 15 is 0 Å². The molecule has 1 atom stereocenters. The molecule has 2 fully saturated rings. The number of benzene rings is 1. The second-order valence-electron chi connectivity index (χ2n) is 7.93. The first-order chi connectivity index (χ1) is 11.7. The molecule has 0 saturated carbocycles. The van der Waals surface area contributed by atoms with Gasteiger partial charge in [-0.1, -0.05) is 24.3 Å². The fraction of sp³-hybridized carbons (Fsp3) is 0.650. The molecule has 1 aromatic carbocycles. The first-order valence-electron chi connectivity index (χ1n) is 9.52. The molecule has 1 aromatic rings. The Bertz CT molecular complexity index is 569. The van der Waals surface area contributed by atoms with Crippen molar-refractivity contribution in [3.8, 4) is 0 Å². The minimum Gasteiger partial charge on any atom is -0.342 e. The Kier molecular flexibility index (Phi) is 4.59. The Balaban J connectivity index is 1.21. The molecule has 0 aliphatic carbocycles. The highest BCUT2D eigenvalue weighted by atomic mass is 16.2. The van der Waals surface area contributed by atoms with Gasteiger partial charge in [0.25, 0.3) is 0 Å². The maximum absolute atomic E-state index is 12.6. The van der Waals surface area contributed by atoms with E-state index in [1.807, 2.05) is 0 Å². The number of nitrogens with one attached hydrogen (secondary N) is 1. The molecule has 3 aliphatic heterocycles. The van der Waals surface area contributed by atoms with Crippen LogP contribution < -0.4 is 5.32 Å². The van der Waals surface area contributed by atoms with Crippen LogP contribution in [0.25, 0.3) is 0 Å². The second kappa shape index (κ2) is 6.85. The van der Waals surface area contributed by atoms with E-state index in [4.69, 9.17) is 0 Å². The van der Waals surface area contributed by atoms with Gasteiger partial charge in [-0.2, -0.15) is 0 Å². The molecule has 1 amide bonds. The van der Waals surface area contributed by atoms with Crippen LogP contribution >= 0.6 is 0 Å². The van der Waals surface area contributed by atoms with Gasteiger partial charge >= 0.3 is 0 Å². The Morgan fingerprint density at radius 2 is 1.96 bits per heavy atom. The third-order valence-electron chi connectivity index (χ3n) is 6.12. The zero-order valence-electron chi connectivity index (χ0n) is 14.6. The molecule has 1 N–H and O–H groups in total. The van der Waals surface area contributed by atoms with Gasteiger partial charge in [0.2, 0.25) is 5.91 Å². The average Bonchev–Trinajstić information content (AvgIpc) is 3.19. The first kappa shape index (κ1) is 16.1. The number of fused-ring (bicyclic) bond motifs is 1. The molecule has 24 heavy (non-hydrogen) atoms. The van der Waals surface area contributed by atoms with Crippen LogP contribution in [-0.2, 0) is 17.9 Å². The van der Waals surface area contributed by atoms with Crippen molar-refractivity contribution in [1.82, 2.24) is 15.1 Å². The number of amides is 1. The lowest BCUT2D eigenvalue weighted by molar-refractivity contribution is -0.130. The summed E-state index contributed by atoms with van der Waals surface area (Å²) >= 11 is 0. The maximum atomic E-state index is 12.6. The Labute approximate surface area is 145 Å². The number of hydrogen-bond donors (Lipinski definition) is 1. The summed E-state index contributed by atoms with van der Waals surface area (Å²) < 4.78 is 0. The van der Waals surface area contributed by atoms with Crippen LogP contribution in [0.2, 0.25) is 0 Å². The average molecular weight is 327 g/mol. The maximum Gasteiger partial charge on any atom is 0.222 e. The molecule has 1 spiro atoms. The quantitative estimate of drug-likeness (QED) is 0.922. The van der Waals surface area contributed by atoms with Gasteiger partial charge in [0, 0.05) is 44.6 Å². The number of hydrogen-bond acceptors (Lipinski definition) is 3. The molecule has 4 nitrogen and oxygen atoms in total. The standard InChI is InChI=1S/C20H29N3O/c24-19(23-12-9-20(16-23)8-4-10-21-15-20)7-3-11-22-13-17-5-1-2-6-18(17)14-22/h1-2,5-6,21H,3-4,7-16H2. The van der Waals surface area contributed by atoms with E-state index in [0.29, 0.717) is 17.7 Å². The first-order valence-corrected chi connectivity index (χ1v) is 9.52. The summed E-state index contributed by atoms with van der Waals surface area (Å²) in [5.74, 6) is 0.370. The number of carbonyl (C=O) groups excluding carboxylic acids is 1. The van der Waals surface area contributed by atoms with Gasteiger partial charge in [0.1, 0.15) is 0 Å². The lowest BCUT2D eigenvalue weighted by Gasteiger charge is -2.33. The van der Waals surface area contributed by atoms with Gasteiger partial charge in [-0.3, -0.25) is 9.69 Å². The van der Waals surface area contributed by atoms with Crippen molar-refractivity contribution in [2.24, 2.45) is 5.41 Å². The van der Waals surface area contributed by atoms with E-state index in [9.17, 15) is 4.79 Å². The van der Waals surface area contributed by atoms with E-state index in [1.165, 1.54) is 30.4 Å². The number of likely N-dealkylation sites (tertiary alicyclic amines) is 1. The predicted octanol–water partition coefficient (Wildman–Crippen LogP) is 2.38. The Morgan fingerprint density at radius 3 is 2.67 bits per heavy atom. The summed E-state index contributed by atoms with van der Waals surface area (Å²) in [6.45, 7) is 7.31. The van der Waals surface area contributed by atoms with Gasteiger partial charge in [-0.15, -0.1) is 0 Å². The highest BCUT2D eigenvalue weighted by Crippen LogP contribution is 2.36. The fourth-order valence-electron chi connectivity index (χ4n) is 4.70. The van der Waals surface area contributed by atoms with Gasteiger partial charge in [0.05, 0.1) is 0 Å². The molecule has 0 bridgehead atoms. The van der Waals surface area contributed by atoms with Crippen LogP contribution in [-0.4, -0.2) is 48.4 Å². The lowest BCUT2D eigenvalue weighted by Crippen LogP contribution is -2.42. The Hall–Kier alpha value is -1.39. The van der Waals surface area contributed by atoms with Crippen molar-refractivity contribution in [3.05, 3.63) is 35.4 Å². The van der Waals surface area contributed by atoms with E-state index < -0.39 is 0 Å². The highest BCUT2D eigenvalue weighted by molar-refractivity contribution is 5.76. The van der Waals surface area contributed by atoms with Gasteiger partial charge in [-0.25, -0.2) is 0 Å². The molecular formula is C20H29N3O. The van der Waals surface area contributed by atoms with Crippen LogP contribution in [0, 0.1) is 5.41 Å². The number of carbonyl (C=O) groups is 1. The fourth-order valence-corrected chi connectivity index (χ4v) is 4.70. The van der Waals surface area contributed by atoms with E-state index in [-0.39, 0.29) is 0 Å². The summed E-state index contributed by atoms with van der Waals surface area (Å²) in [7, 11) is 0. The molecular weight excluding hydrogens is 298 g/mol. The van der Waals surface area contributed by atoms with E-state index in [2.05, 4.69) is 39.4 Å². The molecule has 2 saturated heterocycles. The van der Waals surface area contributed by atoms with Gasteiger partial charge < -0.3 is 10.2 Å². The predicted molar refractivity (Wildman–Crippen MR) is 95.5 cm³/mol. The molecule has 4 rings (SSSR count). The molecule has 3 aliphatic rings. The van der Waals surface area contributed by atoms with Gasteiger partial charge in [-0.05, 0) is 49.9 Å². The summed E-state index contributed by atoms with van der Waals surface area (Å²) in [5, 5.41) is 3.52.